The van der Waals surface area contributed by atoms with Gasteiger partial charge in [0.25, 0.3) is 0 Å². The van der Waals surface area contributed by atoms with E-state index in [4.69, 9.17) is 9.52 Å². The van der Waals surface area contributed by atoms with Gasteiger partial charge in [-0.2, -0.15) is 0 Å². The van der Waals surface area contributed by atoms with E-state index in [0.717, 1.165) is 17.5 Å². The predicted octanol–water partition coefficient (Wildman–Crippen LogP) is 1.71. The molecule has 0 aliphatic carbocycles. The zero-order valence-electron chi connectivity index (χ0n) is 10.8. The fourth-order valence-electron chi connectivity index (χ4n) is 1.71. The van der Waals surface area contributed by atoms with Gasteiger partial charge in [-0.3, -0.25) is 9.88 Å². The van der Waals surface area contributed by atoms with Crippen LogP contribution in [0.4, 0.5) is 0 Å². The molecule has 0 aliphatic rings. The molecule has 6 heteroatoms. The molecule has 2 aromatic rings. The van der Waals surface area contributed by atoms with Crippen LogP contribution in [0.25, 0.3) is 0 Å². The van der Waals surface area contributed by atoms with E-state index >= 15 is 0 Å². The second-order valence-corrected chi connectivity index (χ2v) is 4.37. The lowest BCUT2D eigenvalue weighted by Crippen LogP contribution is -2.19. The number of carboxylic acids is 1. The van der Waals surface area contributed by atoms with Crippen molar-refractivity contribution in [3.05, 3.63) is 47.4 Å². The lowest BCUT2D eigenvalue weighted by Gasteiger charge is -2.15. The number of pyridine rings is 1. The summed E-state index contributed by atoms with van der Waals surface area (Å²) in [5.74, 6) is -0.702. The van der Waals surface area contributed by atoms with E-state index in [2.05, 4.69) is 9.97 Å². The highest BCUT2D eigenvalue weighted by Gasteiger charge is 2.12. The van der Waals surface area contributed by atoms with Gasteiger partial charge in [0, 0.05) is 12.7 Å². The molecule has 100 valence electrons. The monoisotopic (exact) mass is 261 g/mol. The minimum atomic E-state index is -1.08. The molecule has 0 saturated heterocycles. The maximum atomic E-state index is 10.7. The molecule has 0 bridgehead atoms. The number of rotatable bonds is 5. The van der Waals surface area contributed by atoms with Crippen molar-refractivity contribution in [3.8, 4) is 0 Å². The van der Waals surface area contributed by atoms with Crippen molar-refractivity contribution in [1.82, 2.24) is 14.9 Å². The molecule has 2 rings (SSSR count). The van der Waals surface area contributed by atoms with Crippen LogP contribution in [0.15, 0.2) is 29.0 Å². The van der Waals surface area contributed by atoms with Crippen LogP contribution in [0.2, 0.25) is 0 Å². The zero-order valence-corrected chi connectivity index (χ0v) is 10.8. The van der Waals surface area contributed by atoms with Crippen LogP contribution in [0.5, 0.6) is 0 Å². The molecule has 2 aromatic heterocycles. The third-order valence-electron chi connectivity index (χ3n) is 2.71. The van der Waals surface area contributed by atoms with Gasteiger partial charge in [-0.1, -0.05) is 6.07 Å². The molecule has 0 aliphatic heterocycles. The minimum absolute atomic E-state index is 0.0718. The zero-order chi connectivity index (χ0) is 13.8. The van der Waals surface area contributed by atoms with Crippen LogP contribution in [0.1, 0.15) is 27.6 Å². The Labute approximate surface area is 110 Å². The Hall–Kier alpha value is -2.21. The van der Waals surface area contributed by atoms with Gasteiger partial charge < -0.3 is 9.52 Å². The van der Waals surface area contributed by atoms with E-state index < -0.39 is 5.97 Å². The average Bonchev–Trinajstić information content (AvgIpc) is 2.80. The molecular weight excluding hydrogens is 246 g/mol. The summed E-state index contributed by atoms with van der Waals surface area (Å²) in [5, 5.41) is 8.76. The first-order chi connectivity index (χ1) is 9.06. The van der Waals surface area contributed by atoms with Crippen LogP contribution in [-0.4, -0.2) is 33.0 Å². The summed E-state index contributed by atoms with van der Waals surface area (Å²) in [7, 11) is 1.90. The van der Waals surface area contributed by atoms with E-state index in [1.165, 1.54) is 0 Å². The van der Waals surface area contributed by atoms with Gasteiger partial charge in [-0.05, 0) is 25.6 Å². The van der Waals surface area contributed by atoms with Gasteiger partial charge >= 0.3 is 5.97 Å². The summed E-state index contributed by atoms with van der Waals surface area (Å²) in [4.78, 5) is 20.8. The predicted molar refractivity (Wildman–Crippen MR) is 67.6 cm³/mol. The fourth-order valence-corrected chi connectivity index (χ4v) is 1.71. The standard InChI is InChI=1S/C13H15N3O3/c1-9-4-3-5-14-10(9)6-16(2)7-12-15-11(8-19-12)13(17)18/h3-5,8H,6-7H2,1-2H3,(H,17,18). The number of aryl methyl sites for hydroxylation is 1. The van der Waals surface area contributed by atoms with Crippen LogP contribution < -0.4 is 0 Å². The second kappa shape index (κ2) is 5.62. The van der Waals surface area contributed by atoms with Gasteiger partial charge in [0.15, 0.2) is 5.69 Å². The second-order valence-electron chi connectivity index (χ2n) is 4.37. The highest BCUT2D eigenvalue weighted by Crippen LogP contribution is 2.09. The first-order valence-electron chi connectivity index (χ1n) is 5.83. The Morgan fingerprint density at radius 2 is 2.26 bits per heavy atom. The number of nitrogens with zero attached hydrogens (tertiary/aromatic N) is 3. The fraction of sp³-hybridized carbons (Fsp3) is 0.308. The molecule has 1 N–H and O–H groups in total. The van der Waals surface area contributed by atoms with E-state index in [-0.39, 0.29) is 5.69 Å². The average molecular weight is 261 g/mol. The van der Waals surface area contributed by atoms with Crippen LogP contribution in [-0.2, 0) is 13.1 Å². The molecule has 0 radical (unpaired) electrons. The lowest BCUT2D eigenvalue weighted by atomic mass is 10.2. The van der Waals surface area contributed by atoms with Crippen molar-refractivity contribution in [1.29, 1.82) is 0 Å². The van der Waals surface area contributed by atoms with Crippen molar-refractivity contribution in [2.75, 3.05) is 7.05 Å². The highest BCUT2D eigenvalue weighted by molar-refractivity contribution is 5.84. The van der Waals surface area contributed by atoms with E-state index in [1.807, 2.05) is 31.0 Å². The third kappa shape index (κ3) is 3.38. The number of oxazole rings is 1. The molecule has 0 fully saturated rings. The molecule has 2 heterocycles. The summed E-state index contributed by atoms with van der Waals surface area (Å²) >= 11 is 0. The first kappa shape index (κ1) is 13.2. The van der Waals surface area contributed by atoms with E-state index in [1.54, 1.807) is 6.20 Å². The highest BCUT2D eigenvalue weighted by atomic mass is 16.4. The topological polar surface area (TPSA) is 79.5 Å². The normalized spacial score (nSPS) is 10.9. The number of aromatic carboxylic acids is 1. The number of aromatic nitrogens is 2. The Kier molecular flexibility index (Phi) is 3.91. The van der Waals surface area contributed by atoms with E-state index in [9.17, 15) is 4.79 Å². The molecular formula is C13H15N3O3. The van der Waals surface area contributed by atoms with Crippen molar-refractivity contribution in [2.24, 2.45) is 0 Å². The molecule has 0 amide bonds. The Morgan fingerprint density at radius 3 is 2.89 bits per heavy atom. The summed E-state index contributed by atoms with van der Waals surface area (Å²) < 4.78 is 5.11. The first-order valence-corrected chi connectivity index (χ1v) is 5.83. The molecule has 0 atom stereocenters. The maximum Gasteiger partial charge on any atom is 0.357 e. The van der Waals surface area contributed by atoms with Crippen molar-refractivity contribution in [2.45, 2.75) is 20.0 Å². The summed E-state index contributed by atoms with van der Waals surface area (Å²) in [6.45, 7) is 3.09. The number of carboxylic acid groups (broad SMARTS) is 1. The molecule has 19 heavy (non-hydrogen) atoms. The van der Waals surface area contributed by atoms with Crippen LogP contribution >= 0.6 is 0 Å². The smallest absolute Gasteiger partial charge is 0.357 e. The third-order valence-corrected chi connectivity index (χ3v) is 2.71. The Bertz CT molecular complexity index is 580. The SMILES string of the molecule is Cc1cccnc1CN(C)Cc1nc(C(=O)O)co1. The number of hydrogen-bond acceptors (Lipinski definition) is 5. The Balaban J connectivity index is 1.99. The summed E-state index contributed by atoms with van der Waals surface area (Å²) in [5.41, 5.74) is 2.03. The maximum absolute atomic E-state index is 10.7. The summed E-state index contributed by atoms with van der Waals surface area (Å²) in [6, 6.07) is 3.90. The van der Waals surface area contributed by atoms with Gasteiger partial charge in [-0.25, -0.2) is 9.78 Å². The minimum Gasteiger partial charge on any atom is -0.476 e. The van der Waals surface area contributed by atoms with Gasteiger partial charge in [0.1, 0.15) is 6.26 Å². The molecule has 0 spiro atoms. The molecule has 0 aromatic carbocycles. The van der Waals surface area contributed by atoms with Crippen molar-refractivity contribution >= 4 is 5.97 Å². The van der Waals surface area contributed by atoms with E-state index in [0.29, 0.717) is 19.0 Å². The van der Waals surface area contributed by atoms with Crippen LogP contribution in [0.3, 0.4) is 0 Å². The number of carbonyl (C=O) groups is 1. The van der Waals surface area contributed by atoms with Crippen molar-refractivity contribution < 1.29 is 14.3 Å². The molecule has 0 saturated carbocycles. The Morgan fingerprint density at radius 1 is 1.47 bits per heavy atom. The quantitative estimate of drug-likeness (QED) is 0.882. The van der Waals surface area contributed by atoms with Gasteiger partial charge in [0.2, 0.25) is 5.89 Å². The van der Waals surface area contributed by atoms with Gasteiger partial charge in [0.05, 0.1) is 12.2 Å². The molecule has 6 nitrogen and oxygen atoms in total. The van der Waals surface area contributed by atoms with Gasteiger partial charge in [-0.15, -0.1) is 0 Å². The van der Waals surface area contributed by atoms with Crippen molar-refractivity contribution in [3.63, 3.8) is 0 Å². The number of hydrogen-bond donors (Lipinski definition) is 1. The lowest BCUT2D eigenvalue weighted by molar-refractivity contribution is 0.0690. The molecule has 0 unspecified atom stereocenters. The largest absolute Gasteiger partial charge is 0.476 e. The van der Waals surface area contributed by atoms with Crippen LogP contribution in [0, 0.1) is 6.92 Å². The summed E-state index contributed by atoms with van der Waals surface area (Å²) in [6.07, 6.45) is 2.90.